The number of aromatic hydroxyl groups is 1. The highest BCUT2D eigenvalue weighted by atomic mass is 16.3. The molecule has 0 aliphatic heterocycles. The Morgan fingerprint density at radius 2 is 2.36 bits per heavy atom. The summed E-state index contributed by atoms with van der Waals surface area (Å²) >= 11 is 0. The number of rotatable bonds is 3. The Morgan fingerprint density at radius 3 is 2.93 bits per heavy atom. The van der Waals surface area contributed by atoms with E-state index in [1.54, 1.807) is 18.2 Å². The highest BCUT2D eigenvalue weighted by Crippen LogP contribution is 2.15. The summed E-state index contributed by atoms with van der Waals surface area (Å²) in [4.78, 5) is 10.9. The first-order chi connectivity index (χ1) is 6.63. The Kier molecular flexibility index (Phi) is 3.29. The summed E-state index contributed by atoms with van der Waals surface area (Å²) in [6.07, 6.45) is 1.23. The van der Waals surface area contributed by atoms with E-state index in [0.29, 0.717) is 6.54 Å². The molecule has 74 valence electrons. The normalized spacial score (nSPS) is 9.50. The fourth-order valence-electron chi connectivity index (χ4n) is 1.13. The van der Waals surface area contributed by atoms with E-state index in [4.69, 9.17) is 5.11 Å². The molecule has 0 saturated heterocycles. The molecule has 0 atom stereocenters. The van der Waals surface area contributed by atoms with Crippen molar-refractivity contribution in [2.45, 2.75) is 13.5 Å². The molecule has 1 rings (SSSR count). The molecular formula is C11H13NO2. The maximum absolute atomic E-state index is 10.9. The van der Waals surface area contributed by atoms with Crippen molar-refractivity contribution in [2.24, 2.45) is 0 Å². The summed E-state index contributed by atoms with van der Waals surface area (Å²) in [7, 11) is 0. The molecule has 0 fully saturated rings. The summed E-state index contributed by atoms with van der Waals surface area (Å²) < 4.78 is 0. The van der Waals surface area contributed by atoms with Gasteiger partial charge >= 0.3 is 0 Å². The van der Waals surface area contributed by atoms with Gasteiger partial charge in [0.2, 0.25) is 5.91 Å². The van der Waals surface area contributed by atoms with E-state index >= 15 is 0 Å². The highest BCUT2D eigenvalue weighted by molar-refractivity contribution is 5.86. The first-order valence-corrected chi connectivity index (χ1v) is 4.32. The molecule has 0 unspecified atom stereocenters. The molecule has 3 heteroatoms. The second-order valence-corrected chi connectivity index (χ2v) is 3.03. The van der Waals surface area contributed by atoms with Gasteiger partial charge in [0.25, 0.3) is 0 Å². The molecule has 0 bridgehead atoms. The average molecular weight is 191 g/mol. The predicted molar refractivity (Wildman–Crippen MR) is 54.9 cm³/mol. The van der Waals surface area contributed by atoms with Crippen LogP contribution >= 0.6 is 0 Å². The van der Waals surface area contributed by atoms with Gasteiger partial charge in [0.15, 0.2) is 0 Å². The molecule has 1 aromatic carbocycles. The van der Waals surface area contributed by atoms with Crippen LogP contribution in [0.4, 0.5) is 0 Å². The van der Waals surface area contributed by atoms with Crippen molar-refractivity contribution in [1.82, 2.24) is 5.32 Å². The lowest BCUT2D eigenvalue weighted by Gasteiger charge is -2.06. The minimum absolute atomic E-state index is 0.197. The lowest BCUT2D eigenvalue weighted by molar-refractivity contribution is -0.116. The van der Waals surface area contributed by atoms with Gasteiger partial charge < -0.3 is 10.4 Å². The number of benzene rings is 1. The average Bonchev–Trinajstić information content (AvgIpc) is 2.16. The molecule has 0 aromatic heterocycles. The molecule has 14 heavy (non-hydrogen) atoms. The summed E-state index contributed by atoms with van der Waals surface area (Å²) in [5.74, 6) is 0.0405. The van der Waals surface area contributed by atoms with E-state index in [0.717, 1.165) is 11.1 Å². The Labute approximate surface area is 83.1 Å². The SMILES string of the molecule is C=CC(=O)NCc1ccc(O)cc1C. The summed E-state index contributed by atoms with van der Waals surface area (Å²) in [6, 6.07) is 5.05. The van der Waals surface area contributed by atoms with Crippen LogP contribution in [0, 0.1) is 6.92 Å². The fraction of sp³-hybridized carbons (Fsp3) is 0.182. The summed E-state index contributed by atoms with van der Waals surface area (Å²) in [5, 5.41) is 11.8. The third-order valence-corrected chi connectivity index (χ3v) is 1.96. The minimum atomic E-state index is -0.197. The zero-order valence-corrected chi connectivity index (χ0v) is 8.08. The third kappa shape index (κ3) is 2.62. The van der Waals surface area contributed by atoms with Crippen LogP contribution in [-0.2, 0) is 11.3 Å². The van der Waals surface area contributed by atoms with Crippen molar-refractivity contribution in [3.05, 3.63) is 42.0 Å². The van der Waals surface area contributed by atoms with E-state index < -0.39 is 0 Å². The molecule has 0 spiro atoms. The molecule has 0 radical (unpaired) electrons. The van der Waals surface area contributed by atoms with Crippen molar-refractivity contribution in [3.63, 3.8) is 0 Å². The molecule has 1 aromatic rings. The van der Waals surface area contributed by atoms with E-state index in [2.05, 4.69) is 11.9 Å². The van der Waals surface area contributed by atoms with Gasteiger partial charge in [-0.05, 0) is 36.3 Å². The van der Waals surface area contributed by atoms with E-state index in [1.165, 1.54) is 6.08 Å². The smallest absolute Gasteiger partial charge is 0.243 e. The molecule has 2 N–H and O–H groups in total. The molecule has 0 heterocycles. The zero-order valence-electron chi connectivity index (χ0n) is 8.08. The number of hydrogen-bond acceptors (Lipinski definition) is 2. The number of phenolic OH excluding ortho intramolecular Hbond substituents is 1. The van der Waals surface area contributed by atoms with Gasteiger partial charge in [-0.2, -0.15) is 0 Å². The Morgan fingerprint density at radius 1 is 1.64 bits per heavy atom. The van der Waals surface area contributed by atoms with Gasteiger partial charge in [-0.15, -0.1) is 0 Å². The van der Waals surface area contributed by atoms with Crippen molar-refractivity contribution in [2.75, 3.05) is 0 Å². The maximum atomic E-state index is 10.9. The maximum Gasteiger partial charge on any atom is 0.243 e. The van der Waals surface area contributed by atoms with Crippen LogP contribution in [0.3, 0.4) is 0 Å². The summed E-state index contributed by atoms with van der Waals surface area (Å²) in [5.41, 5.74) is 1.94. The largest absolute Gasteiger partial charge is 0.508 e. The minimum Gasteiger partial charge on any atom is -0.508 e. The van der Waals surface area contributed by atoms with Gasteiger partial charge in [-0.1, -0.05) is 12.6 Å². The van der Waals surface area contributed by atoms with Gasteiger partial charge in [-0.3, -0.25) is 4.79 Å². The number of nitrogens with one attached hydrogen (secondary N) is 1. The zero-order chi connectivity index (χ0) is 10.6. The Bertz CT molecular complexity index is 358. The topological polar surface area (TPSA) is 49.3 Å². The van der Waals surface area contributed by atoms with Crippen LogP contribution in [0.2, 0.25) is 0 Å². The monoisotopic (exact) mass is 191 g/mol. The molecule has 0 saturated carbocycles. The number of amides is 1. The second-order valence-electron chi connectivity index (χ2n) is 3.03. The number of hydrogen-bond donors (Lipinski definition) is 2. The van der Waals surface area contributed by atoms with Crippen LogP contribution < -0.4 is 5.32 Å². The second kappa shape index (κ2) is 4.46. The van der Waals surface area contributed by atoms with Gasteiger partial charge in [0.1, 0.15) is 5.75 Å². The number of carbonyl (C=O) groups excluding carboxylic acids is 1. The third-order valence-electron chi connectivity index (χ3n) is 1.96. The first-order valence-electron chi connectivity index (χ1n) is 4.32. The van der Waals surface area contributed by atoms with Gasteiger partial charge in [-0.25, -0.2) is 0 Å². The first kappa shape index (κ1) is 10.3. The van der Waals surface area contributed by atoms with Crippen molar-refractivity contribution in [1.29, 1.82) is 0 Å². The van der Waals surface area contributed by atoms with Crippen LogP contribution in [0.1, 0.15) is 11.1 Å². The fourth-order valence-corrected chi connectivity index (χ4v) is 1.13. The molecule has 1 amide bonds. The Balaban J connectivity index is 2.68. The van der Waals surface area contributed by atoms with E-state index in [-0.39, 0.29) is 11.7 Å². The highest BCUT2D eigenvalue weighted by Gasteiger charge is 2.00. The van der Waals surface area contributed by atoms with Crippen molar-refractivity contribution in [3.8, 4) is 5.75 Å². The van der Waals surface area contributed by atoms with Crippen LogP contribution in [0.5, 0.6) is 5.75 Å². The van der Waals surface area contributed by atoms with E-state index in [9.17, 15) is 4.79 Å². The quantitative estimate of drug-likeness (QED) is 0.711. The van der Waals surface area contributed by atoms with Crippen LogP contribution in [0.15, 0.2) is 30.9 Å². The molecule has 3 nitrogen and oxygen atoms in total. The van der Waals surface area contributed by atoms with Crippen LogP contribution in [-0.4, -0.2) is 11.0 Å². The molecule has 0 aliphatic carbocycles. The van der Waals surface area contributed by atoms with Crippen molar-refractivity contribution < 1.29 is 9.90 Å². The lowest BCUT2D eigenvalue weighted by atomic mass is 10.1. The van der Waals surface area contributed by atoms with Crippen LogP contribution in [0.25, 0.3) is 0 Å². The van der Waals surface area contributed by atoms with E-state index in [1.807, 2.05) is 6.92 Å². The summed E-state index contributed by atoms with van der Waals surface area (Å²) in [6.45, 7) is 5.70. The van der Waals surface area contributed by atoms with Crippen molar-refractivity contribution >= 4 is 5.91 Å². The number of carbonyl (C=O) groups is 1. The molecule has 0 aliphatic rings. The number of aryl methyl sites for hydroxylation is 1. The Hall–Kier alpha value is -1.77. The van der Waals surface area contributed by atoms with Gasteiger partial charge in [0.05, 0.1) is 0 Å². The standard InChI is InChI=1S/C11H13NO2/c1-3-11(14)12-7-9-4-5-10(13)6-8(9)2/h3-6,13H,1,7H2,2H3,(H,12,14). The molecular weight excluding hydrogens is 178 g/mol. The lowest BCUT2D eigenvalue weighted by Crippen LogP contribution is -2.20. The van der Waals surface area contributed by atoms with Gasteiger partial charge in [0, 0.05) is 6.54 Å². The number of phenols is 1. The predicted octanol–water partition coefficient (Wildman–Crippen LogP) is 1.50.